The van der Waals surface area contributed by atoms with E-state index in [2.05, 4.69) is 4.98 Å². The standard InChI is InChI=1S/C37H41N3O7/c1-19-39-25-10-6-4-8-20(25)33(42)40(19)26-11-7-5-9-21(26)34(43)47-18-35-13-12-29(46-3)37-23-14-22-27(45-2)16-36(44,30(23)31(22)41)24(15-28(35)37)32(37)38-17-35/h4-11,17,22-24,27-32,41,44H,12-16,18H2,1-3H3/t22-,23+,24-,27-,28+,29-,30+,31-,32?,35-,36-,37+/m0/s1. The molecule has 1 unspecified atom stereocenters. The van der Waals surface area contributed by atoms with Crippen molar-refractivity contribution < 1.29 is 29.2 Å². The Kier molecular flexibility index (Phi) is 6.34. The fourth-order valence-electron chi connectivity index (χ4n) is 12.0. The third kappa shape index (κ3) is 3.59. The summed E-state index contributed by atoms with van der Waals surface area (Å²) < 4.78 is 19.9. The minimum Gasteiger partial charge on any atom is -0.461 e. The van der Waals surface area contributed by atoms with Gasteiger partial charge >= 0.3 is 5.97 Å². The van der Waals surface area contributed by atoms with Gasteiger partial charge in [-0.15, -0.1) is 0 Å². The number of rotatable bonds is 6. The van der Waals surface area contributed by atoms with Gasteiger partial charge in [0.15, 0.2) is 0 Å². The van der Waals surface area contributed by atoms with Crippen molar-refractivity contribution in [3.05, 3.63) is 70.3 Å². The van der Waals surface area contributed by atoms with Crippen molar-refractivity contribution in [2.45, 2.75) is 69.0 Å². The van der Waals surface area contributed by atoms with Gasteiger partial charge in [-0.3, -0.25) is 14.4 Å². The number of hydrogen-bond donors (Lipinski definition) is 2. The van der Waals surface area contributed by atoms with Crippen molar-refractivity contribution in [2.75, 3.05) is 20.8 Å². The molecule has 0 radical (unpaired) electrons. The average molecular weight is 640 g/mol. The van der Waals surface area contributed by atoms with Crippen molar-refractivity contribution in [2.24, 2.45) is 45.4 Å². The summed E-state index contributed by atoms with van der Waals surface area (Å²) in [6.45, 7) is 1.90. The predicted octanol–water partition coefficient (Wildman–Crippen LogP) is 3.50. The number of benzene rings is 2. The van der Waals surface area contributed by atoms with Crippen LogP contribution in [0.1, 0.15) is 48.3 Å². The van der Waals surface area contributed by atoms with E-state index in [1.54, 1.807) is 63.6 Å². The van der Waals surface area contributed by atoms with Crippen LogP contribution in [0.4, 0.5) is 0 Å². The van der Waals surface area contributed by atoms with E-state index in [1.807, 2.05) is 12.3 Å². The van der Waals surface area contributed by atoms with Crippen LogP contribution < -0.4 is 5.56 Å². The minimum atomic E-state index is -1.08. The first-order valence-electron chi connectivity index (χ1n) is 16.9. The van der Waals surface area contributed by atoms with Crippen LogP contribution >= 0.6 is 0 Å². The Bertz CT molecular complexity index is 1890. The number of carbonyl (C=O) groups is 1. The second kappa shape index (κ2) is 10.0. The quantitative estimate of drug-likeness (QED) is 0.392. The van der Waals surface area contributed by atoms with Crippen LogP contribution in [0.3, 0.4) is 0 Å². The van der Waals surface area contributed by atoms with Crippen molar-refractivity contribution in [3.63, 3.8) is 0 Å². The van der Waals surface area contributed by atoms with Crippen molar-refractivity contribution in [1.29, 1.82) is 0 Å². The summed E-state index contributed by atoms with van der Waals surface area (Å²) in [5.74, 6) is -0.358. The molecule has 6 aliphatic rings. The molecule has 2 heterocycles. The first-order chi connectivity index (χ1) is 22.7. The van der Waals surface area contributed by atoms with E-state index in [-0.39, 0.29) is 65.4 Å². The van der Waals surface area contributed by atoms with Crippen LogP contribution in [0.25, 0.3) is 16.6 Å². The number of aliphatic hydroxyl groups is 2. The zero-order valence-corrected chi connectivity index (χ0v) is 26.9. The van der Waals surface area contributed by atoms with E-state index < -0.39 is 23.1 Å². The third-order valence-corrected chi connectivity index (χ3v) is 13.6. The van der Waals surface area contributed by atoms with Gasteiger partial charge in [-0.05, 0) is 68.7 Å². The van der Waals surface area contributed by atoms with E-state index in [0.717, 1.165) is 25.7 Å². The molecule has 12 atom stereocenters. The molecule has 246 valence electrons. The minimum absolute atomic E-state index is 0.0233. The van der Waals surface area contributed by atoms with Crippen molar-refractivity contribution >= 4 is 23.1 Å². The number of esters is 1. The van der Waals surface area contributed by atoms with E-state index in [9.17, 15) is 19.8 Å². The van der Waals surface area contributed by atoms with Gasteiger partial charge in [0.05, 0.1) is 52.1 Å². The maximum atomic E-state index is 14.0. The van der Waals surface area contributed by atoms with E-state index in [1.165, 1.54) is 4.57 Å². The molecule has 5 saturated carbocycles. The normalized spacial score (nSPS) is 42.1. The van der Waals surface area contributed by atoms with Gasteiger partial charge in [0, 0.05) is 55.4 Å². The van der Waals surface area contributed by atoms with Crippen LogP contribution in [0, 0.1) is 47.3 Å². The number of carbonyl (C=O) groups excluding carboxylic acids is 1. The Balaban J connectivity index is 1.07. The second-order valence-electron chi connectivity index (χ2n) is 15.0. The Labute approximate surface area is 272 Å². The molecule has 1 spiro atoms. The molecule has 47 heavy (non-hydrogen) atoms. The molecule has 0 amide bonds. The molecule has 10 nitrogen and oxygen atoms in total. The van der Waals surface area contributed by atoms with Crippen molar-refractivity contribution in [3.8, 4) is 5.69 Å². The summed E-state index contributed by atoms with van der Waals surface area (Å²) in [7, 11) is 3.46. The van der Waals surface area contributed by atoms with Gasteiger partial charge in [0.25, 0.3) is 5.56 Å². The SMILES string of the molecule is CO[C@H]1C[C@@]2(O)[C@H]3[C@@H](O)[C@H]1C[C@H]3[C@]13C4N=C[C@](COC(=O)c5ccccc5-n5c(C)nc6ccccc6c5=O)(CC[C@@H]1OC)[C@H]3C[C@@H]42. The monoisotopic (exact) mass is 639 g/mol. The lowest BCUT2D eigenvalue weighted by atomic mass is 9.44. The zero-order valence-electron chi connectivity index (χ0n) is 26.9. The van der Waals surface area contributed by atoms with Crippen LogP contribution in [-0.2, 0) is 14.2 Å². The smallest absolute Gasteiger partial charge is 0.340 e. The van der Waals surface area contributed by atoms with Crippen LogP contribution in [0.5, 0.6) is 0 Å². The van der Waals surface area contributed by atoms with Crippen LogP contribution in [0.2, 0.25) is 0 Å². The highest BCUT2D eigenvalue weighted by atomic mass is 16.5. The van der Waals surface area contributed by atoms with Gasteiger partial charge in [-0.2, -0.15) is 0 Å². The number of aryl methyl sites for hydroxylation is 1. The zero-order chi connectivity index (χ0) is 32.5. The largest absolute Gasteiger partial charge is 0.461 e. The van der Waals surface area contributed by atoms with E-state index >= 15 is 0 Å². The fraction of sp³-hybridized carbons (Fsp3) is 0.568. The lowest BCUT2D eigenvalue weighted by Crippen LogP contribution is -2.70. The van der Waals surface area contributed by atoms with Crippen LogP contribution in [0.15, 0.2) is 58.3 Å². The molecule has 5 aliphatic carbocycles. The summed E-state index contributed by atoms with van der Waals surface area (Å²) in [4.78, 5) is 37.6. The number of hydrogen-bond acceptors (Lipinski definition) is 9. The number of nitrogens with zero attached hydrogens (tertiary/aromatic N) is 3. The number of aromatic nitrogens is 2. The molecule has 1 aliphatic heterocycles. The molecule has 2 N–H and O–H groups in total. The maximum Gasteiger partial charge on any atom is 0.340 e. The second-order valence-corrected chi connectivity index (χ2v) is 15.0. The first kappa shape index (κ1) is 29.7. The molecular formula is C37H41N3O7. The van der Waals surface area contributed by atoms with Crippen LogP contribution in [-0.4, -0.2) is 82.7 Å². The van der Waals surface area contributed by atoms with Gasteiger partial charge in [-0.1, -0.05) is 24.3 Å². The molecule has 1 aromatic heterocycles. The Morgan fingerprint density at radius 3 is 2.66 bits per heavy atom. The molecule has 9 rings (SSSR count). The third-order valence-electron chi connectivity index (χ3n) is 13.6. The average Bonchev–Trinajstić information content (AvgIpc) is 3.47. The van der Waals surface area contributed by atoms with Crippen molar-refractivity contribution in [1.82, 2.24) is 9.55 Å². The number of aliphatic imine (C=N–C) groups is 1. The van der Waals surface area contributed by atoms with E-state index in [4.69, 9.17) is 19.2 Å². The Morgan fingerprint density at radius 2 is 1.85 bits per heavy atom. The Morgan fingerprint density at radius 1 is 1.06 bits per heavy atom. The topological polar surface area (TPSA) is 132 Å². The highest BCUT2D eigenvalue weighted by Crippen LogP contribution is 2.78. The highest BCUT2D eigenvalue weighted by molar-refractivity contribution is 5.94. The number of aliphatic hydroxyl groups excluding tert-OH is 1. The fourth-order valence-corrected chi connectivity index (χ4v) is 12.0. The van der Waals surface area contributed by atoms with Gasteiger partial charge in [0.1, 0.15) is 12.4 Å². The number of para-hydroxylation sites is 2. The summed E-state index contributed by atoms with van der Waals surface area (Å²) in [5, 5.41) is 24.6. The first-order valence-corrected chi connectivity index (χ1v) is 16.9. The molecule has 3 aromatic rings. The molecule has 10 heteroatoms. The number of ether oxygens (including phenoxy) is 3. The highest BCUT2D eigenvalue weighted by Gasteiger charge is 2.82. The van der Waals surface area contributed by atoms with Gasteiger partial charge in [0.2, 0.25) is 0 Å². The lowest BCUT2D eigenvalue weighted by Gasteiger charge is -2.64. The molecule has 0 saturated heterocycles. The number of fused-ring (bicyclic) bond motifs is 3. The Hall–Kier alpha value is -3.44. The van der Waals surface area contributed by atoms with Gasteiger partial charge in [-0.25, -0.2) is 9.78 Å². The molecule has 2 aromatic carbocycles. The molecule has 7 bridgehead atoms. The molecular weight excluding hydrogens is 598 g/mol. The predicted molar refractivity (Wildman–Crippen MR) is 173 cm³/mol. The lowest BCUT2D eigenvalue weighted by molar-refractivity contribution is -0.231. The maximum absolute atomic E-state index is 14.0. The summed E-state index contributed by atoms with van der Waals surface area (Å²) in [5.41, 5.74) is -0.891. The van der Waals surface area contributed by atoms with Gasteiger partial charge < -0.3 is 24.4 Å². The molecule has 5 fully saturated rings. The van der Waals surface area contributed by atoms with E-state index in [0.29, 0.717) is 34.4 Å². The number of methoxy groups -OCH3 is 2. The summed E-state index contributed by atoms with van der Waals surface area (Å²) in [6, 6.07) is 14.1. The summed E-state index contributed by atoms with van der Waals surface area (Å²) in [6.07, 6.45) is 4.66. The summed E-state index contributed by atoms with van der Waals surface area (Å²) >= 11 is 0.